The minimum absolute atomic E-state index is 0.338. The summed E-state index contributed by atoms with van der Waals surface area (Å²) in [6.07, 6.45) is 7.07. The third-order valence-corrected chi connectivity index (χ3v) is 3.98. The van der Waals surface area contributed by atoms with Crippen molar-refractivity contribution in [3.05, 3.63) is 23.9 Å². The van der Waals surface area contributed by atoms with Gasteiger partial charge in [0.25, 0.3) is 0 Å². The molecule has 0 saturated heterocycles. The summed E-state index contributed by atoms with van der Waals surface area (Å²) < 4.78 is 6.05. The van der Waals surface area contributed by atoms with Crippen LogP contribution < -0.4 is 10.1 Å². The number of hydrogen-bond donors (Lipinski definition) is 1. The van der Waals surface area contributed by atoms with Crippen molar-refractivity contribution >= 4 is 0 Å². The maximum atomic E-state index is 6.05. The van der Waals surface area contributed by atoms with Gasteiger partial charge < -0.3 is 10.1 Å². The standard InChI is InChI=1S/C17H28N2O/c1-4-7-18-11-15-5-6-17(19-12-15)20-16-9-13(2)8-14(3)10-16/h5-6,12-14,16,18H,4,7-11H2,1-3H3. The van der Waals surface area contributed by atoms with Crippen molar-refractivity contribution in [2.75, 3.05) is 6.54 Å². The zero-order valence-corrected chi connectivity index (χ0v) is 13.1. The summed E-state index contributed by atoms with van der Waals surface area (Å²) in [4.78, 5) is 4.44. The van der Waals surface area contributed by atoms with E-state index in [1.54, 1.807) is 0 Å². The van der Waals surface area contributed by atoms with Gasteiger partial charge in [-0.05, 0) is 49.6 Å². The van der Waals surface area contributed by atoms with Crippen molar-refractivity contribution < 1.29 is 4.74 Å². The van der Waals surface area contributed by atoms with Gasteiger partial charge in [0, 0.05) is 18.8 Å². The third kappa shape index (κ3) is 4.78. The number of rotatable bonds is 6. The first kappa shape index (κ1) is 15.3. The van der Waals surface area contributed by atoms with E-state index >= 15 is 0 Å². The van der Waals surface area contributed by atoms with Crippen molar-refractivity contribution in [2.45, 2.75) is 59.1 Å². The molecule has 0 aliphatic heterocycles. The first-order valence-corrected chi connectivity index (χ1v) is 7.99. The average Bonchev–Trinajstić information content (AvgIpc) is 2.40. The van der Waals surface area contributed by atoms with Crippen LogP contribution in [0.5, 0.6) is 5.88 Å². The lowest BCUT2D eigenvalue weighted by molar-refractivity contribution is 0.0967. The van der Waals surface area contributed by atoms with E-state index in [9.17, 15) is 0 Å². The summed E-state index contributed by atoms with van der Waals surface area (Å²) in [6, 6.07) is 4.12. The van der Waals surface area contributed by atoms with Crippen molar-refractivity contribution in [1.82, 2.24) is 10.3 Å². The maximum absolute atomic E-state index is 6.05. The van der Waals surface area contributed by atoms with Crippen molar-refractivity contribution in [1.29, 1.82) is 0 Å². The molecule has 3 heteroatoms. The van der Waals surface area contributed by atoms with Crippen LogP contribution in [0.4, 0.5) is 0 Å². The minimum atomic E-state index is 0.338. The molecule has 0 bridgehead atoms. The molecule has 1 fully saturated rings. The molecule has 1 aliphatic rings. The van der Waals surface area contributed by atoms with Gasteiger partial charge in [-0.3, -0.25) is 0 Å². The van der Waals surface area contributed by atoms with Crippen LogP contribution in [-0.4, -0.2) is 17.6 Å². The summed E-state index contributed by atoms with van der Waals surface area (Å²) >= 11 is 0. The zero-order valence-electron chi connectivity index (χ0n) is 13.1. The van der Waals surface area contributed by atoms with Gasteiger partial charge in [0.2, 0.25) is 5.88 Å². The number of nitrogens with one attached hydrogen (secondary N) is 1. The number of hydrogen-bond acceptors (Lipinski definition) is 3. The van der Waals surface area contributed by atoms with E-state index in [-0.39, 0.29) is 0 Å². The van der Waals surface area contributed by atoms with Crippen LogP contribution in [0.2, 0.25) is 0 Å². The lowest BCUT2D eigenvalue weighted by atomic mass is 9.82. The van der Waals surface area contributed by atoms with Crippen molar-refractivity contribution in [3.63, 3.8) is 0 Å². The second-order valence-corrected chi connectivity index (χ2v) is 6.34. The molecule has 1 N–H and O–H groups in total. The van der Waals surface area contributed by atoms with Crippen LogP contribution in [0.25, 0.3) is 0 Å². The van der Waals surface area contributed by atoms with Crippen LogP contribution >= 0.6 is 0 Å². The topological polar surface area (TPSA) is 34.1 Å². The minimum Gasteiger partial charge on any atom is -0.474 e. The lowest BCUT2D eigenvalue weighted by Gasteiger charge is -2.31. The first-order chi connectivity index (χ1) is 9.67. The maximum Gasteiger partial charge on any atom is 0.213 e. The van der Waals surface area contributed by atoms with E-state index < -0.39 is 0 Å². The highest BCUT2D eigenvalue weighted by molar-refractivity contribution is 5.18. The van der Waals surface area contributed by atoms with Crippen LogP contribution in [0.1, 0.15) is 52.0 Å². The van der Waals surface area contributed by atoms with E-state index in [0.29, 0.717) is 6.10 Å². The van der Waals surface area contributed by atoms with Crippen molar-refractivity contribution in [2.24, 2.45) is 11.8 Å². The van der Waals surface area contributed by atoms with Gasteiger partial charge in [-0.25, -0.2) is 4.98 Å². The molecule has 0 amide bonds. The largest absolute Gasteiger partial charge is 0.474 e. The summed E-state index contributed by atoms with van der Waals surface area (Å²) in [7, 11) is 0. The van der Waals surface area contributed by atoms with Crippen LogP contribution in [0.15, 0.2) is 18.3 Å². The number of nitrogens with zero attached hydrogens (tertiary/aromatic N) is 1. The van der Waals surface area contributed by atoms with E-state index in [0.717, 1.165) is 50.1 Å². The molecular formula is C17H28N2O. The fourth-order valence-electron chi connectivity index (χ4n) is 3.13. The van der Waals surface area contributed by atoms with Gasteiger partial charge in [-0.15, -0.1) is 0 Å². The van der Waals surface area contributed by atoms with Gasteiger partial charge in [-0.2, -0.15) is 0 Å². The SMILES string of the molecule is CCCNCc1ccc(OC2CC(C)CC(C)C2)nc1. The molecule has 112 valence electrons. The van der Waals surface area contributed by atoms with E-state index in [2.05, 4.69) is 37.1 Å². The van der Waals surface area contributed by atoms with Crippen molar-refractivity contribution in [3.8, 4) is 5.88 Å². The Morgan fingerprint density at radius 1 is 1.20 bits per heavy atom. The van der Waals surface area contributed by atoms with Gasteiger partial charge in [0.15, 0.2) is 0 Å². The summed E-state index contributed by atoms with van der Waals surface area (Å²) in [5, 5.41) is 3.38. The van der Waals surface area contributed by atoms with Crippen LogP contribution in [-0.2, 0) is 6.54 Å². The Balaban J connectivity index is 1.83. The molecule has 1 saturated carbocycles. The summed E-state index contributed by atoms with van der Waals surface area (Å²) in [5.41, 5.74) is 1.22. The molecular weight excluding hydrogens is 248 g/mol. The zero-order chi connectivity index (χ0) is 14.4. The number of ether oxygens (including phenoxy) is 1. The molecule has 1 aliphatic carbocycles. The van der Waals surface area contributed by atoms with E-state index in [1.165, 1.54) is 12.0 Å². The molecule has 2 unspecified atom stereocenters. The normalized spacial score (nSPS) is 26.4. The molecule has 20 heavy (non-hydrogen) atoms. The Kier molecular flexibility index (Phi) is 5.84. The van der Waals surface area contributed by atoms with E-state index in [4.69, 9.17) is 4.74 Å². The highest BCUT2D eigenvalue weighted by Crippen LogP contribution is 2.30. The second-order valence-electron chi connectivity index (χ2n) is 6.34. The molecule has 1 heterocycles. The molecule has 0 aromatic carbocycles. The monoisotopic (exact) mass is 276 g/mol. The highest BCUT2D eigenvalue weighted by atomic mass is 16.5. The smallest absolute Gasteiger partial charge is 0.213 e. The predicted octanol–water partition coefficient (Wildman–Crippen LogP) is 3.78. The Hall–Kier alpha value is -1.09. The van der Waals surface area contributed by atoms with Gasteiger partial charge in [0.05, 0.1) is 0 Å². The summed E-state index contributed by atoms with van der Waals surface area (Å²) in [6.45, 7) is 8.76. The number of pyridine rings is 1. The predicted molar refractivity (Wildman–Crippen MR) is 82.8 cm³/mol. The Labute approximate surface area is 123 Å². The van der Waals surface area contributed by atoms with Gasteiger partial charge in [0.1, 0.15) is 6.10 Å². The lowest BCUT2D eigenvalue weighted by Crippen LogP contribution is -2.28. The first-order valence-electron chi connectivity index (χ1n) is 7.99. The average molecular weight is 276 g/mol. The molecule has 1 aromatic rings. The molecule has 1 aromatic heterocycles. The summed E-state index contributed by atoms with van der Waals surface area (Å²) in [5.74, 6) is 2.30. The fourth-order valence-corrected chi connectivity index (χ4v) is 3.13. The molecule has 0 spiro atoms. The molecule has 2 rings (SSSR count). The molecule has 0 radical (unpaired) electrons. The van der Waals surface area contributed by atoms with Gasteiger partial charge >= 0.3 is 0 Å². The van der Waals surface area contributed by atoms with Crippen LogP contribution in [0, 0.1) is 11.8 Å². The quantitative estimate of drug-likeness (QED) is 0.803. The Morgan fingerprint density at radius 2 is 1.95 bits per heavy atom. The van der Waals surface area contributed by atoms with Gasteiger partial charge in [-0.1, -0.05) is 26.8 Å². The number of aromatic nitrogens is 1. The Morgan fingerprint density at radius 3 is 2.55 bits per heavy atom. The fraction of sp³-hybridized carbons (Fsp3) is 0.706. The van der Waals surface area contributed by atoms with E-state index in [1.807, 2.05) is 12.3 Å². The second kappa shape index (κ2) is 7.63. The van der Waals surface area contributed by atoms with Crippen LogP contribution in [0.3, 0.4) is 0 Å². The third-order valence-electron chi connectivity index (χ3n) is 3.98. The molecule has 2 atom stereocenters. The Bertz CT molecular complexity index is 380. The molecule has 3 nitrogen and oxygen atoms in total. The highest BCUT2D eigenvalue weighted by Gasteiger charge is 2.25.